The van der Waals surface area contributed by atoms with Crippen LogP contribution < -0.4 is 14.8 Å². The second-order valence-electron chi connectivity index (χ2n) is 5.86. The van der Waals surface area contributed by atoms with Gasteiger partial charge in [-0.15, -0.1) is 0 Å². The Bertz CT molecular complexity index is 837. The monoisotopic (exact) mass is 411 g/mol. The first-order valence-corrected chi connectivity index (χ1v) is 8.73. The van der Waals surface area contributed by atoms with Gasteiger partial charge in [0.2, 0.25) is 0 Å². The van der Waals surface area contributed by atoms with E-state index in [2.05, 4.69) is 5.32 Å². The van der Waals surface area contributed by atoms with Crippen molar-refractivity contribution in [3.8, 4) is 11.5 Å². The zero-order chi connectivity index (χ0) is 21.4. The topological polar surface area (TPSA) is 73.9 Å². The van der Waals surface area contributed by atoms with Gasteiger partial charge in [-0.2, -0.15) is 13.2 Å². The van der Waals surface area contributed by atoms with E-state index in [4.69, 9.17) is 14.2 Å². The third-order valence-corrected chi connectivity index (χ3v) is 3.65. The molecule has 0 aliphatic carbocycles. The van der Waals surface area contributed by atoms with Crippen LogP contribution in [0.3, 0.4) is 0 Å². The van der Waals surface area contributed by atoms with Gasteiger partial charge in [-0.05, 0) is 50.2 Å². The average molecular weight is 411 g/mol. The summed E-state index contributed by atoms with van der Waals surface area (Å²) in [5, 5.41) is 2.38. The minimum atomic E-state index is -4.47. The number of esters is 1. The molecule has 2 rings (SSSR count). The molecular weight excluding hydrogens is 391 g/mol. The molecule has 1 atom stereocenters. The largest absolute Gasteiger partial charge is 0.490 e. The van der Waals surface area contributed by atoms with Crippen LogP contribution in [0.25, 0.3) is 0 Å². The van der Waals surface area contributed by atoms with E-state index in [-0.39, 0.29) is 5.69 Å². The van der Waals surface area contributed by atoms with Gasteiger partial charge >= 0.3 is 12.1 Å². The lowest BCUT2D eigenvalue weighted by Gasteiger charge is -2.15. The van der Waals surface area contributed by atoms with Gasteiger partial charge in [0.15, 0.2) is 24.2 Å². The first kappa shape index (κ1) is 22.1. The quantitative estimate of drug-likeness (QED) is 0.664. The third-order valence-electron chi connectivity index (χ3n) is 3.65. The second-order valence-corrected chi connectivity index (χ2v) is 5.86. The van der Waals surface area contributed by atoms with E-state index in [1.807, 2.05) is 6.92 Å². The summed E-state index contributed by atoms with van der Waals surface area (Å²) in [6.45, 7) is 3.13. The number of anilines is 1. The lowest BCUT2D eigenvalue weighted by molar-refractivity contribution is -0.155. The molecule has 9 heteroatoms. The molecule has 0 radical (unpaired) electrons. The van der Waals surface area contributed by atoms with Crippen molar-refractivity contribution in [2.24, 2.45) is 0 Å². The highest BCUT2D eigenvalue weighted by Gasteiger charge is 2.30. The van der Waals surface area contributed by atoms with E-state index < -0.39 is 36.3 Å². The number of carbonyl (C=O) groups excluding carboxylic acids is 2. The molecule has 156 valence electrons. The van der Waals surface area contributed by atoms with E-state index in [1.165, 1.54) is 6.92 Å². The van der Waals surface area contributed by atoms with Crippen LogP contribution in [0.15, 0.2) is 48.5 Å². The molecule has 0 aliphatic rings. The lowest BCUT2D eigenvalue weighted by Crippen LogP contribution is -2.31. The minimum Gasteiger partial charge on any atom is -0.490 e. The van der Waals surface area contributed by atoms with Crippen LogP contribution in [-0.2, 0) is 20.5 Å². The van der Waals surface area contributed by atoms with Crippen molar-refractivity contribution < 1.29 is 37.0 Å². The Balaban J connectivity index is 1.85. The van der Waals surface area contributed by atoms with Crippen LogP contribution >= 0.6 is 0 Å². The van der Waals surface area contributed by atoms with Gasteiger partial charge in [0.1, 0.15) is 0 Å². The van der Waals surface area contributed by atoms with Crippen molar-refractivity contribution in [1.82, 2.24) is 0 Å². The summed E-state index contributed by atoms with van der Waals surface area (Å²) in [4.78, 5) is 24.0. The predicted octanol–water partition coefficient (Wildman–Crippen LogP) is 4.05. The number of nitrogens with one attached hydrogen (secondary N) is 1. The molecule has 0 aliphatic heterocycles. The summed E-state index contributed by atoms with van der Waals surface area (Å²) < 4.78 is 53.4. The molecule has 0 spiro atoms. The number of ether oxygens (including phenoxy) is 3. The van der Waals surface area contributed by atoms with Crippen LogP contribution in [-0.4, -0.2) is 31.2 Å². The summed E-state index contributed by atoms with van der Waals surface area (Å²) in [7, 11) is 0. The Hall–Kier alpha value is -3.23. The molecule has 0 heterocycles. The zero-order valence-electron chi connectivity index (χ0n) is 15.8. The molecule has 1 N–H and O–H groups in total. The highest BCUT2D eigenvalue weighted by atomic mass is 19.4. The van der Waals surface area contributed by atoms with E-state index in [1.54, 1.807) is 24.3 Å². The minimum absolute atomic E-state index is 0.146. The van der Waals surface area contributed by atoms with Crippen molar-refractivity contribution in [2.75, 3.05) is 18.5 Å². The highest BCUT2D eigenvalue weighted by molar-refractivity contribution is 5.95. The normalized spacial score (nSPS) is 12.0. The first-order valence-electron chi connectivity index (χ1n) is 8.73. The summed E-state index contributed by atoms with van der Waals surface area (Å²) >= 11 is 0. The van der Waals surface area contributed by atoms with Gasteiger partial charge in [0, 0.05) is 5.69 Å². The molecule has 0 bridgehead atoms. The molecule has 1 unspecified atom stereocenters. The summed E-state index contributed by atoms with van der Waals surface area (Å²) in [6, 6.07) is 10.7. The standard InChI is InChI=1S/C20H20F3NO5/c1-3-27-16-6-4-5-7-17(16)28-12-18(25)29-13(2)19(26)24-15-10-8-14(9-11-15)20(21,22)23/h4-11,13H,3,12H2,1-2H3,(H,24,26). The Morgan fingerprint density at radius 1 is 1.00 bits per heavy atom. The van der Waals surface area contributed by atoms with Gasteiger partial charge in [-0.3, -0.25) is 4.79 Å². The molecule has 0 aromatic heterocycles. The zero-order valence-corrected chi connectivity index (χ0v) is 15.8. The number of rotatable bonds is 8. The van der Waals surface area contributed by atoms with Crippen LogP contribution in [0.2, 0.25) is 0 Å². The number of halogens is 3. The molecule has 2 aromatic rings. The number of carbonyl (C=O) groups is 2. The molecule has 29 heavy (non-hydrogen) atoms. The average Bonchev–Trinajstić information content (AvgIpc) is 2.67. The molecule has 1 amide bonds. The summed E-state index contributed by atoms with van der Waals surface area (Å²) in [6.07, 6.45) is -5.64. The summed E-state index contributed by atoms with van der Waals surface area (Å²) in [5.74, 6) is -0.650. The maximum Gasteiger partial charge on any atom is 0.416 e. The fraction of sp³-hybridized carbons (Fsp3) is 0.300. The SMILES string of the molecule is CCOc1ccccc1OCC(=O)OC(C)C(=O)Nc1ccc(C(F)(F)F)cc1. The fourth-order valence-corrected chi connectivity index (χ4v) is 2.25. The smallest absolute Gasteiger partial charge is 0.416 e. The number of alkyl halides is 3. The molecule has 0 saturated carbocycles. The molecule has 6 nitrogen and oxygen atoms in total. The number of benzene rings is 2. The molecular formula is C20H20F3NO5. The van der Waals surface area contributed by atoms with E-state index in [0.29, 0.717) is 18.1 Å². The molecule has 0 saturated heterocycles. The van der Waals surface area contributed by atoms with Crippen molar-refractivity contribution in [3.05, 3.63) is 54.1 Å². The predicted molar refractivity (Wildman–Crippen MR) is 98.7 cm³/mol. The van der Waals surface area contributed by atoms with Crippen molar-refractivity contribution in [2.45, 2.75) is 26.1 Å². The van der Waals surface area contributed by atoms with Gasteiger partial charge in [-0.25, -0.2) is 4.79 Å². The van der Waals surface area contributed by atoms with Crippen molar-refractivity contribution >= 4 is 17.6 Å². The number of hydrogen-bond acceptors (Lipinski definition) is 5. The maximum absolute atomic E-state index is 12.6. The Morgan fingerprint density at radius 2 is 1.59 bits per heavy atom. The van der Waals surface area contributed by atoms with E-state index in [9.17, 15) is 22.8 Å². The fourth-order valence-electron chi connectivity index (χ4n) is 2.25. The van der Waals surface area contributed by atoms with Crippen molar-refractivity contribution in [1.29, 1.82) is 0 Å². The van der Waals surface area contributed by atoms with Crippen molar-refractivity contribution in [3.63, 3.8) is 0 Å². The van der Waals surface area contributed by atoms with E-state index in [0.717, 1.165) is 24.3 Å². The Kier molecular flexibility index (Phi) is 7.46. The number of hydrogen-bond donors (Lipinski definition) is 1. The second kappa shape index (κ2) is 9.81. The summed E-state index contributed by atoms with van der Waals surface area (Å²) in [5.41, 5.74) is -0.688. The van der Waals surface area contributed by atoms with Crippen LogP contribution in [0.1, 0.15) is 19.4 Å². The Morgan fingerprint density at radius 3 is 2.14 bits per heavy atom. The number of para-hydroxylation sites is 2. The first-order chi connectivity index (χ1) is 13.7. The molecule has 2 aromatic carbocycles. The highest BCUT2D eigenvalue weighted by Crippen LogP contribution is 2.30. The van der Waals surface area contributed by atoms with Crippen LogP contribution in [0.5, 0.6) is 11.5 Å². The lowest BCUT2D eigenvalue weighted by atomic mass is 10.2. The van der Waals surface area contributed by atoms with Gasteiger partial charge < -0.3 is 19.5 Å². The van der Waals surface area contributed by atoms with Crippen LogP contribution in [0.4, 0.5) is 18.9 Å². The Labute approximate surface area is 165 Å². The molecule has 0 fully saturated rings. The van der Waals surface area contributed by atoms with Gasteiger partial charge in [0.05, 0.1) is 12.2 Å². The maximum atomic E-state index is 12.6. The van der Waals surface area contributed by atoms with Crippen LogP contribution in [0, 0.1) is 0 Å². The third kappa shape index (κ3) is 6.70. The number of amides is 1. The van der Waals surface area contributed by atoms with E-state index >= 15 is 0 Å². The van der Waals surface area contributed by atoms with Gasteiger partial charge in [-0.1, -0.05) is 12.1 Å². The van der Waals surface area contributed by atoms with Gasteiger partial charge in [0.25, 0.3) is 5.91 Å².